The van der Waals surface area contributed by atoms with E-state index in [1.165, 1.54) is 16.7 Å². The van der Waals surface area contributed by atoms with Gasteiger partial charge in [-0.3, -0.25) is 0 Å². The lowest BCUT2D eigenvalue weighted by Crippen LogP contribution is -2.28. The van der Waals surface area contributed by atoms with Gasteiger partial charge in [-0.05, 0) is 67.4 Å². The smallest absolute Gasteiger partial charge is 0.0438 e. The third kappa shape index (κ3) is 4.81. The van der Waals surface area contributed by atoms with Crippen molar-refractivity contribution in [2.45, 2.75) is 53.4 Å². The lowest BCUT2D eigenvalue weighted by molar-refractivity contribution is 0.440. The molecular formula is C17H28ClN. The van der Waals surface area contributed by atoms with E-state index in [9.17, 15) is 0 Å². The maximum atomic E-state index is 6.19. The van der Waals surface area contributed by atoms with Crippen LogP contribution in [0.5, 0.6) is 0 Å². The minimum atomic E-state index is 0.184. The highest BCUT2D eigenvalue weighted by Crippen LogP contribution is 2.32. The number of halogens is 1. The SMILES string of the molecule is Cc1cc(C(C)(C)CCNCC(C)C)c(C)cc1Cl. The average molecular weight is 282 g/mol. The molecule has 0 unspecified atom stereocenters. The summed E-state index contributed by atoms with van der Waals surface area (Å²) in [6, 6.07) is 4.34. The predicted molar refractivity (Wildman–Crippen MR) is 86.3 cm³/mol. The number of hydrogen-bond donors (Lipinski definition) is 1. The van der Waals surface area contributed by atoms with Crippen molar-refractivity contribution in [1.82, 2.24) is 5.32 Å². The Morgan fingerprint density at radius 3 is 2.37 bits per heavy atom. The van der Waals surface area contributed by atoms with Crippen LogP contribution >= 0.6 is 11.6 Å². The first kappa shape index (κ1) is 16.5. The quantitative estimate of drug-likeness (QED) is 0.734. The first-order chi connectivity index (χ1) is 8.74. The summed E-state index contributed by atoms with van der Waals surface area (Å²) < 4.78 is 0. The second-order valence-corrected chi connectivity index (χ2v) is 7.06. The van der Waals surface area contributed by atoms with Crippen LogP contribution in [0, 0.1) is 19.8 Å². The highest BCUT2D eigenvalue weighted by Gasteiger charge is 2.22. The van der Waals surface area contributed by atoms with Crippen LogP contribution < -0.4 is 5.32 Å². The zero-order valence-electron chi connectivity index (χ0n) is 13.2. The molecule has 0 aromatic heterocycles. The topological polar surface area (TPSA) is 12.0 Å². The maximum absolute atomic E-state index is 6.19. The van der Waals surface area contributed by atoms with Gasteiger partial charge in [0.1, 0.15) is 0 Å². The second kappa shape index (κ2) is 6.76. The van der Waals surface area contributed by atoms with Gasteiger partial charge >= 0.3 is 0 Å². The molecule has 1 aromatic rings. The average Bonchev–Trinajstić information content (AvgIpc) is 2.29. The Bertz CT molecular complexity index is 422. The summed E-state index contributed by atoms with van der Waals surface area (Å²) in [7, 11) is 0. The summed E-state index contributed by atoms with van der Waals surface area (Å²) in [6.07, 6.45) is 1.14. The molecule has 108 valence electrons. The maximum Gasteiger partial charge on any atom is 0.0438 e. The molecule has 0 bridgehead atoms. The molecule has 0 radical (unpaired) electrons. The van der Waals surface area contributed by atoms with Crippen LogP contribution in [-0.2, 0) is 5.41 Å². The van der Waals surface area contributed by atoms with Gasteiger partial charge in [-0.25, -0.2) is 0 Å². The van der Waals surface area contributed by atoms with Crippen LogP contribution in [0.2, 0.25) is 5.02 Å². The number of benzene rings is 1. The predicted octanol–water partition coefficient (Wildman–Crippen LogP) is 4.87. The Hall–Kier alpha value is -0.530. The number of nitrogens with one attached hydrogen (secondary N) is 1. The molecule has 0 fully saturated rings. The fourth-order valence-electron chi connectivity index (χ4n) is 2.44. The van der Waals surface area contributed by atoms with Gasteiger partial charge in [0.05, 0.1) is 0 Å². The van der Waals surface area contributed by atoms with E-state index in [1.54, 1.807) is 0 Å². The molecule has 0 aliphatic rings. The standard InChI is InChI=1S/C17H28ClN/c1-12(2)11-19-8-7-17(5,6)15-9-14(4)16(18)10-13(15)3/h9-10,12,19H,7-8,11H2,1-6H3. The van der Waals surface area contributed by atoms with Crippen molar-refractivity contribution in [3.05, 3.63) is 33.8 Å². The van der Waals surface area contributed by atoms with Gasteiger partial charge in [0, 0.05) is 5.02 Å². The molecule has 0 amide bonds. The van der Waals surface area contributed by atoms with E-state index in [4.69, 9.17) is 11.6 Å². The van der Waals surface area contributed by atoms with Crippen molar-refractivity contribution in [3.8, 4) is 0 Å². The minimum absolute atomic E-state index is 0.184. The van der Waals surface area contributed by atoms with Crippen molar-refractivity contribution in [3.63, 3.8) is 0 Å². The molecule has 0 heterocycles. The van der Waals surface area contributed by atoms with E-state index in [1.807, 2.05) is 0 Å². The Morgan fingerprint density at radius 2 is 1.79 bits per heavy atom. The van der Waals surface area contributed by atoms with Gasteiger partial charge in [-0.15, -0.1) is 0 Å². The Labute approximate surface area is 123 Å². The third-order valence-corrected chi connectivity index (χ3v) is 4.12. The van der Waals surface area contributed by atoms with Crippen molar-refractivity contribution in [2.75, 3.05) is 13.1 Å². The van der Waals surface area contributed by atoms with Crippen molar-refractivity contribution >= 4 is 11.6 Å². The molecule has 1 N–H and O–H groups in total. The van der Waals surface area contributed by atoms with Gasteiger partial charge in [0.25, 0.3) is 0 Å². The molecule has 0 atom stereocenters. The van der Waals surface area contributed by atoms with Crippen LogP contribution in [0.25, 0.3) is 0 Å². The van der Waals surface area contributed by atoms with E-state index >= 15 is 0 Å². The van der Waals surface area contributed by atoms with E-state index < -0.39 is 0 Å². The zero-order chi connectivity index (χ0) is 14.6. The monoisotopic (exact) mass is 281 g/mol. The molecule has 2 heteroatoms. The van der Waals surface area contributed by atoms with Crippen LogP contribution in [0.4, 0.5) is 0 Å². The van der Waals surface area contributed by atoms with Crippen LogP contribution in [-0.4, -0.2) is 13.1 Å². The molecule has 19 heavy (non-hydrogen) atoms. The van der Waals surface area contributed by atoms with Gasteiger partial charge in [0.15, 0.2) is 0 Å². The normalized spacial score (nSPS) is 12.2. The molecule has 0 aliphatic heterocycles. The van der Waals surface area contributed by atoms with Crippen molar-refractivity contribution in [1.29, 1.82) is 0 Å². The zero-order valence-corrected chi connectivity index (χ0v) is 14.0. The first-order valence-corrected chi connectivity index (χ1v) is 7.60. The molecule has 0 saturated heterocycles. The van der Waals surface area contributed by atoms with Gasteiger partial charge < -0.3 is 5.32 Å². The molecule has 1 nitrogen and oxygen atoms in total. The molecule has 0 aliphatic carbocycles. The summed E-state index contributed by atoms with van der Waals surface area (Å²) in [6.45, 7) is 15.5. The lowest BCUT2D eigenvalue weighted by Gasteiger charge is -2.28. The number of hydrogen-bond acceptors (Lipinski definition) is 1. The molecule has 0 spiro atoms. The van der Waals surface area contributed by atoms with Crippen molar-refractivity contribution in [2.24, 2.45) is 5.92 Å². The van der Waals surface area contributed by atoms with Crippen LogP contribution in [0.1, 0.15) is 50.8 Å². The Balaban J connectivity index is 2.74. The van der Waals surface area contributed by atoms with Gasteiger partial charge in [-0.2, -0.15) is 0 Å². The van der Waals surface area contributed by atoms with E-state index in [2.05, 4.69) is 59.0 Å². The third-order valence-electron chi connectivity index (χ3n) is 3.71. The fraction of sp³-hybridized carbons (Fsp3) is 0.647. The largest absolute Gasteiger partial charge is 0.316 e. The number of rotatable bonds is 6. The van der Waals surface area contributed by atoms with E-state index in [0.717, 1.165) is 24.5 Å². The minimum Gasteiger partial charge on any atom is -0.316 e. The van der Waals surface area contributed by atoms with E-state index in [0.29, 0.717) is 5.92 Å². The summed E-state index contributed by atoms with van der Waals surface area (Å²) in [4.78, 5) is 0. The highest BCUT2D eigenvalue weighted by molar-refractivity contribution is 6.31. The van der Waals surface area contributed by atoms with Crippen LogP contribution in [0.3, 0.4) is 0 Å². The van der Waals surface area contributed by atoms with E-state index in [-0.39, 0.29) is 5.41 Å². The van der Waals surface area contributed by atoms with Gasteiger partial charge in [-0.1, -0.05) is 45.4 Å². The summed E-state index contributed by atoms with van der Waals surface area (Å²) in [5.41, 5.74) is 4.07. The van der Waals surface area contributed by atoms with Crippen LogP contribution in [0.15, 0.2) is 12.1 Å². The number of aryl methyl sites for hydroxylation is 2. The first-order valence-electron chi connectivity index (χ1n) is 7.22. The second-order valence-electron chi connectivity index (χ2n) is 6.65. The summed E-state index contributed by atoms with van der Waals surface area (Å²) in [5.74, 6) is 0.711. The molecule has 0 saturated carbocycles. The molecule has 1 aromatic carbocycles. The van der Waals surface area contributed by atoms with Crippen molar-refractivity contribution < 1.29 is 0 Å². The highest BCUT2D eigenvalue weighted by atomic mass is 35.5. The summed E-state index contributed by atoms with van der Waals surface area (Å²) >= 11 is 6.19. The molecule has 1 rings (SSSR count). The fourth-order valence-corrected chi connectivity index (χ4v) is 2.65. The Kier molecular flexibility index (Phi) is 5.88. The van der Waals surface area contributed by atoms with Gasteiger partial charge in [0.2, 0.25) is 0 Å². The lowest BCUT2D eigenvalue weighted by atomic mass is 9.78. The molecular weight excluding hydrogens is 254 g/mol. The summed E-state index contributed by atoms with van der Waals surface area (Å²) in [5, 5.41) is 4.40. The Morgan fingerprint density at radius 1 is 1.16 bits per heavy atom.